The molecule has 0 saturated carbocycles. The predicted octanol–water partition coefficient (Wildman–Crippen LogP) is 3.36. The van der Waals surface area contributed by atoms with E-state index in [-0.39, 0.29) is 11.1 Å². The molecule has 0 aliphatic heterocycles. The Morgan fingerprint density at radius 2 is 1.59 bits per heavy atom. The van der Waals surface area contributed by atoms with Gasteiger partial charge in [-0.3, -0.25) is 0 Å². The molecule has 2 aromatic carbocycles. The van der Waals surface area contributed by atoms with Crippen molar-refractivity contribution < 1.29 is 24.2 Å². The van der Waals surface area contributed by atoms with E-state index in [1.807, 2.05) is 25.1 Å². The van der Waals surface area contributed by atoms with Gasteiger partial charge in [0.2, 0.25) is 6.29 Å². The number of carboxylic acid groups (broad SMARTS) is 1. The third-order valence-electron chi connectivity index (χ3n) is 2.95. The molecule has 0 fully saturated rings. The van der Waals surface area contributed by atoms with Crippen molar-refractivity contribution in [3.8, 4) is 5.75 Å². The fourth-order valence-corrected chi connectivity index (χ4v) is 1.78. The fourth-order valence-electron chi connectivity index (χ4n) is 1.78. The summed E-state index contributed by atoms with van der Waals surface area (Å²) in [6, 6.07) is 14.6. The van der Waals surface area contributed by atoms with Gasteiger partial charge in [0.15, 0.2) is 0 Å². The van der Waals surface area contributed by atoms with Gasteiger partial charge >= 0.3 is 11.9 Å². The molecule has 5 nitrogen and oxygen atoms in total. The highest BCUT2D eigenvalue weighted by Gasteiger charge is 2.16. The zero-order valence-corrected chi connectivity index (χ0v) is 12.1. The summed E-state index contributed by atoms with van der Waals surface area (Å²) in [5.41, 5.74) is 0.393. The van der Waals surface area contributed by atoms with Crippen molar-refractivity contribution >= 4 is 11.9 Å². The summed E-state index contributed by atoms with van der Waals surface area (Å²) in [6.07, 6.45) is -0.206. The Morgan fingerprint density at radius 1 is 1.00 bits per heavy atom. The average molecular weight is 300 g/mol. The molecule has 5 heteroatoms. The van der Waals surface area contributed by atoms with Crippen molar-refractivity contribution in [1.82, 2.24) is 0 Å². The first-order valence-electron chi connectivity index (χ1n) is 6.86. The summed E-state index contributed by atoms with van der Waals surface area (Å²) in [4.78, 5) is 22.8. The third-order valence-corrected chi connectivity index (χ3v) is 2.95. The minimum atomic E-state index is -1.04. The number of esters is 1. The van der Waals surface area contributed by atoms with E-state index >= 15 is 0 Å². The zero-order valence-electron chi connectivity index (χ0n) is 12.1. The molecule has 0 heterocycles. The number of hydrogen-bond donors (Lipinski definition) is 1. The number of carbonyl (C=O) groups is 2. The molecule has 114 valence electrons. The maximum absolute atomic E-state index is 12.0. The lowest BCUT2D eigenvalue weighted by Gasteiger charge is -2.18. The summed E-state index contributed by atoms with van der Waals surface area (Å²) >= 11 is 0. The molecule has 0 radical (unpaired) electrons. The summed E-state index contributed by atoms with van der Waals surface area (Å²) in [5.74, 6) is -0.984. The standard InChI is InChI=1S/C17H16O5/c1-2-15(21-14-6-4-3-5-7-14)22-17(20)13-10-8-12(9-11-13)16(18)19/h3-11,15H,2H2,1H3,(H,18,19). The van der Waals surface area contributed by atoms with Crippen molar-refractivity contribution in [3.05, 3.63) is 65.7 Å². The van der Waals surface area contributed by atoms with E-state index in [0.29, 0.717) is 12.2 Å². The Hall–Kier alpha value is -2.82. The van der Waals surface area contributed by atoms with Gasteiger partial charge in [-0.15, -0.1) is 0 Å². The summed E-state index contributed by atoms with van der Waals surface area (Å²) in [5, 5.41) is 8.83. The number of carbonyl (C=O) groups excluding carboxylic acids is 1. The molecule has 0 saturated heterocycles. The van der Waals surface area contributed by atoms with Gasteiger partial charge in [0.05, 0.1) is 11.1 Å². The van der Waals surface area contributed by atoms with Gasteiger partial charge in [0, 0.05) is 6.42 Å². The first kappa shape index (κ1) is 15.6. The highest BCUT2D eigenvalue weighted by Crippen LogP contribution is 2.15. The zero-order chi connectivity index (χ0) is 15.9. The van der Waals surface area contributed by atoms with Crippen LogP contribution in [0.5, 0.6) is 5.75 Å². The second kappa shape index (κ2) is 7.26. The Labute approximate surface area is 128 Å². The molecule has 0 spiro atoms. The van der Waals surface area contributed by atoms with Crippen LogP contribution in [0.25, 0.3) is 0 Å². The number of benzene rings is 2. The second-order valence-corrected chi connectivity index (χ2v) is 4.56. The molecule has 0 aliphatic carbocycles. The maximum atomic E-state index is 12.0. The van der Waals surface area contributed by atoms with Crippen LogP contribution in [0, 0.1) is 0 Å². The van der Waals surface area contributed by atoms with Gasteiger partial charge in [0.1, 0.15) is 5.75 Å². The van der Waals surface area contributed by atoms with Crippen molar-refractivity contribution in [1.29, 1.82) is 0 Å². The molecule has 0 amide bonds. The molecule has 2 aromatic rings. The van der Waals surface area contributed by atoms with Crippen LogP contribution in [0.3, 0.4) is 0 Å². The van der Waals surface area contributed by atoms with Gasteiger partial charge in [-0.05, 0) is 36.4 Å². The molecule has 1 atom stereocenters. The van der Waals surface area contributed by atoms with Gasteiger partial charge in [-0.25, -0.2) is 9.59 Å². The topological polar surface area (TPSA) is 72.8 Å². The Bertz CT molecular complexity index is 634. The molecular formula is C17H16O5. The highest BCUT2D eigenvalue weighted by molar-refractivity contribution is 5.92. The molecule has 22 heavy (non-hydrogen) atoms. The van der Waals surface area contributed by atoms with E-state index in [1.54, 1.807) is 12.1 Å². The van der Waals surface area contributed by atoms with Crippen LogP contribution in [0.4, 0.5) is 0 Å². The number of hydrogen-bond acceptors (Lipinski definition) is 4. The molecule has 0 aromatic heterocycles. The van der Waals surface area contributed by atoms with Crippen molar-refractivity contribution in [2.75, 3.05) is 0 Å². The quantitative estimate of drug-likeness (QED) is 0.654. The Kier molecular flexibility index (Phi) is 5.14. The van der Waals surface area contributed by atoms with Gasteiger partial charge in [-0.1, -0.05) is 25.1 Å². The number of ether oxygens (including phenoxy) is 2. The molecule has 1 unspecified atom stereocenters. The van der Waals surface area contributed by atoms with E-state index < -0.39 is 18.2 Å². The lowest BCUT2D eigenvalue weighted by atomic mass is 10.1. The van der Waals surface area contributed by atoms with E-state index in [0.717, 1.165) is 0 Å². The van der Waals surface area contributed by atoms with E-state index in [1.165, 1.54) is 24.3 Å². The number of carboxylic acids is 1. The molecular weight excluding hydrogens is 284 g/mol. The van der Waals surface area contributed by atoms with Gasteiger partial charge in [-0.2, -0.15) is 0 Å². The van der Waals surface area contributed by atoms with Crippen LogP contribution in [-0.4, -0.2) is 23.3 Å². The van der Waals surface area contributed by atoms with Crippen LogP contribution in [0.2, 0.25) is 0 Å². The lowest BCUT2D eigenvalue weighted by Crippen LogP contribution is -2.23. The van der Waals surface area contributed by atoms with E-state index in [4.69, 9.17) is 14.6 Å². The van der Waals surface area contributed by atoms with Crippen molar-refractivity contribution in [3.63, 3.8) is 0 Å². The lowest BCUT2D eigenvalue weighted by molar-refractivity contribution is -0.0497. The Balaban J connectivity index is 2.01. The smallest absolute Gasteiger partial charge is 0.341 e. The SMILES string of the molecule is CCC(OC(=O)c1ccc(C(=O)O)cc1)Oc1ccccc1. The van der Waals surface area contributed by atoms with Gasteiger partial charge in [0.25, 0.3) is 0 Å². The minimum absolute atomic E-state index is 0.115. The highest BCUT2D eigenvalue weighted by atomic mass is 16.7. The van der Waals surface area contributed by atoms with Gasteiger partial charge < -0.3 is 14.6 Å². The van der Waals surface area contributed by atoms with Crippen LogP contribution in [0.15, 0.2) is 54.6 Å². The normalized spacial score (nSPS) is 11.5. The summed E-state index contributed by atoms with van der Waals surface area (Å²) in [6.45, 7) is 1.84. The Morgan fingerprint density at radius 3 is 2.14 bits per heavy atom. The molecule has 2 rings (SSSR count). The number of rotatable bonds is 6. The van der Waals surface area contributed by atoms with Crippen molar-refractivity contribution in [2.45, 2.75) is 19.6 Å². The van der Waals surface area contributed by atoms with Crippen LogP contribution in [0.1, 0.15) is 34.1 Å². The number of aromatic carboxylic acids is 1. The third kappa shape index (κ3) is 4.09. The number of para-hydroxylation sites is 1. The predicted molar refractivity (Wildman–Crippen MR) is 80.0 cm³/mol. The van der Waals surface area contributed by atoms with Crippen LogP contribution < -0.4 is 4.74 Å². The van der Waals surface area contributed by atoms with Crippen LogP contribution >= 0.6 is 0 Å². The fraction of sp³-hybridized carbons (Fsp3) is 0.176. The first-order chi connectivity index (χ1) is 10.6. The van der Waals surface area contributed by atoms with E-state index in [2.05, 4.69) is 0 Å². The van der Waals surface area contributed by atoms with E-state index in [9.17, 15) is 9.59 Å². The van der Waals surface area contributed by atoms with Crippen LogP contribution in [-0.2, 0) is 4.74 Å². The molecule has 1 N–H and O–H groups in total. The second-order valence-electron chi connectivity index (χ2n) is 4.56. The molecule has 0 bridgehead atoms. The average Bonchev–Trinajstić information content (AvgIpc) is 2.55. The maximum Gasteiger partial charge on any atom is 0.341 e. The first-order valence-corrected chi connectivity index (χ1v) is 6.86. The summed E-state index contributed by atoms with van der Waals surface area (Å²) < 4.78 is 10.9. The largest absolute Gasteiger partial charge is 0.478 e. The minimum Gasteiger partial charge on any atom is -0.478 e. The van der Waals surface area contributed by atoms with Crippen molar-refractivity contribution in [2.24, 2.45) is 0 Å². The summed E-state index contributed by atoms with van der Waals surface area (Å²) in [7, 11) is 0. The monoisotopic (exact) mass is 300 g/mol. The molecule has 0 aliphatic rings.